The average Bonchev–Trinajstić information content (AvgIpc) is 3.14. The molecule has 0 radical (unpaired) electrons. The van der Waals surface area contributed by atoms with Crippen LogP contribution in [0.25, 0.3) is 0 Å². The first-order valence-electron chi connectivity index (χ1n) is 8.21. The van der Waals surface area contributed by atoms with Crippen molar-refractivity contribution >= 4 is 39.7 Å². The number of rotatable bonds is 7. The molecule has 0 aliphatic carbocycles. The first kappa shape index (κ1) is 21.8. The van der Waals surface area contributed by atoms with E-state index in [1.165, 1.54) is 31.5 Å². The Morgan fingerprint density at radius 2 is 1.75 bits per heavy atom. The van der Waals surface area contributed by atoms with E-state index in [2.05, 4.69) is 21.0 Å². The van der Waals surface area contributed by atoms with E-state index in [-0.39, 0.29) is 17.6 Å². The van der Waals surface area contributed by atoms with Crippen LogP contribution in [0.4, 0.5) is 0 Å². The first-order chi connectivity index (χ1) is 13.1. The first-order valence-corrected chi connectivity index (χ1v) is 9.33. The van der Waals surface area contributed by atoms with Crippen molar-refractivity contribution in [2.24, 2.45) is 5.73 Å². The number of hydrogen-bond acceptors (Lipinski definition) is 9. The number of nitrogens with zero attached hydrogens (tertiary/aromatic N) is 2. The minimum atomic E-state index is -1.10. The Morgan fingerprint density at radius 3 is 2.25 bits per heavy atom. The Balaban J connectivity index is 2.45. The fraction of sp³-hybridized carbons (Fsp3) is 0.562. The van der Waals surface area contributed by atoms with E-state index in [1.807, 2.05) is 0 Å². The summed E-state index contributed by atoms with van der Waals surface area (Å²) in [5.41, 5.74) is 5.77. The Bertz CT molecular complexity index is 780. The van der Waals surface area contributed by atoms with E-state index >= 15 is 0 Å². The molecule has 1 aliphatic heterocycles. The predicted octanol–water partition coefficient (Wildman–Crippen LogP) is 0.201. The maximum absolute atomic E-state index is 11.6. The molecule has 28 heavy (non-hydrogen) atoms. The van der Waals surface area contributed by atoms with Gasteiger partial charge in [-0.1, -0.05) is 15.9 Å². The van der Waals surface area contributed by atoms with Crippen LogP contribution in [0.15, 0.2) is 6.07 Å². The highest BCUT2D eigenvalue weighted by atomic mass is 79.9. The Hall–Kier alpha value is -2.47. The lowest BCUT2D eigenvalue weighted by atomic mass is 10.1. The summed E-state index contributed by atoms with van der Waals surface area (Å²) in [7, 11) is 0. The summed E-state index contributed by atoms with van der Waals surface area (Å²) < 4.78 is 22.7. The van der Waals surface area contributed by atoms with Crippen molar-refractivity contribution in [3.63, 3.8) is 0 Å². The van der Waals surface area contributed by atoms with Gasteiger partial charge in [-0.25, -0.2) is 4.68 Å². The van der Waals surface area contributed by atoms with Gasteiger partial charge in [-0.3, -0.25) is 19.2 Å². The Kier molecular flexibility index (Phi) is 7.13. The normalized spacial score (nSPS) is 23.9. The zero-order valence-electron chi connectivity index (χ0n) is 15.4. The number of carbonyl (C=O) groups is 4. The number of ether oxygens (including phenoxy) is 4. The summed E-state index contributed by atoms with van der Waals surface area (Å²) in [5, 5.41) is 4.40. The van der Waals surface area contributed by atoms with Crippen molar-refractivity contribution in [3.05, 3.63) is 17.5 Å². The van der Waals surface area contributed by atoms with Crippen LogP contribution in [-0.2, 0) is 38.7 Å². The van der Waals surface area contributed by atoms with E-state index in [0.717, 1.165) is 0 Å². The minimum absolute atomic E-state index is 0.0212. The third-order valence-corrected chi connectivity index (χ3v) is 4.36. The number of amides is 1. The van der Waals surface area contributed by atoms with Gasteiger partial charge >= 0.3 is 17.9 Å². The predicted molar refractivity (Wildman–Crippen MR) is 95.0 cm³/mol. The maximum atomic E-state index is 11.6. The molecule has 11 nitrogen and oxygen atoms in total. The van der Waals surface area contributed by atoms with Crippen molar-refractivity contribution in [3.8, 4) is 0 Å². The smallest absolute Gasteiger partial charge is 0.303 e. The minimum Gasteiger partial charge on any atom is -0.463 e. The van der Waals surface area contributed by atoms with E-state index in [4.69, 9.17) is 24.7 Å². The number of nitrogens with two attached hydrogens (primary N) is 1. The standard InChI is InChI=1S/C16H20BrN3O8/c1-7(21)25-6-12-13(26-8(2)22)14(27-9(3)23)16(28-12)20-10(5-17)4-11(19-20)15(18)24/h4,12-14,16H,5-6H2,1-3H3,(H2,18,24)/t12-,13-,14-,16-/m1/s1. The SMILES string of the molecule is CC(=O)OC[C@H]1O[C@@H](n2nc(C(N)=O)cc2CBr)[C@H](OC(C)=O)[C@@H]1OC(C)=O. The van der Waals surface area contributed by atoms with Gasteiger partial charge in [0.25, 0.3) is 5.91 Å². The van der Waals surface area contributed by atoms with Gasteiger partial charge in [-0.15, -0.1) is 0 Å². The molecule has 4 atom stereocenters. The molecule has 0 spiro atoms. The summed E-state index contributed by atoms with van der Waals surface area (Å²) in [5.74, 6) is -2.60. The number of halogens is 1. The molecular formula is C16H20BrN3O8. The van der Waals surface area contributed by atoms with Crippen molar-refractivity contribution in [1.29, 1.82) is 0 Å². The van der Waals surface area contributed by atoms with Crippen molar-refractivity contribution in [1.82, 2.24) is 9.78 Å². The second-order valence-electron chi connectivity index (χ2n) is 5.98. The highest BCUT2D eigenvalue weighted by Crippen LogP contribution is 2.35. The van der Waals surface area contributed by atoms with Gasteiger partial charge in [0.05, 0.1) is 5.69 Å². The van der Waals surface area contributed by atoms with Crippen LogP contribution >= 0.6 is 15.9 Å². The quantitative estimate of drug-likeness (QED) is 0.341. The van der Waals surface area contributed by atoms with Gasteiger partial charge in [0.1, 0.15) is 18.4 Å². The number of hydrogen-bond donors (Lipinski definition) is 1. The molecule has 2 rings (SSSR count). The lowest BCUT2D eigenvalue weighted by Crippen LogP contribution is -2.40. The Morgan fingerprint density at radius 1 is 1.14 bits per heavy atom. The van der Waals surface area contributed by atoms with Crippen LogP contribution in [0, 0.1) is 0 Å². The molecule has 1 saturated heterocycles. The zero-order valence-corrected chi connectivity index (χ0v) is 17.0. The maximum Gasteiger partial charge on any atom is 0.303 e. The summed E-state index contributed by atoms with van der Waals surface area (Å²) in [6.45, 7) is 3.34. The Labute approximate surface area is 168 Å². The highest BCUT2D eigenvalue weighted by Gasteiger charge is 2.51. The van der Waals surface area contributed by atoms with Crippen LogP contribution in [0.2, 0.25) is 0 Å². The molecule has 1 aliphatic rings. The molecule has 2 heterocycles. The molecule has 1 aromatic rings. The summed E-state index contributed by atoms with van der Waals surface area (Å²) in [4.78, 5) is 45.8. The monoisotopic (exact) mass is 461 g/mol. The molecule has 1 fully saturated rings. The van der Waals surface area contributed by atoms with Crippen molar-refractivity contribution in [2.45, 2.75) is 50.6 Å². The second kappa shape index (κ2) is 9.15. The number of aromatic nitrogens is 2. The highest BCUT2D eigenvalue weighted by molar-refractivity contribution is 9.08. The molecule has 154 valence electrons. The summed E-state index contributed by atoms with van der Waals surface area (Å²) in [6.07, 6.45) is -4.13. The third kappa shape index (κ3) is 5.07. The van der Waals surface area contributed by atoms with Gasteiger partial charge in [-0.2, -0.15) is 5.10 Å². The van der Waals surface area contributed by atoms with E-state index in [9.17, 15) is 19.2 Å². The zero-order chi connectivity index (χ0) is 21.0. The van der Waals surface area contributed by atoms with Gasteiger partial charge < -0.3 is 24.7 Å². The molecule has 0 bridgehead atoms. The molecule has 12 heteroatoms. The fourth-order valence-electron chi connectivity index (χ4n) is 2.76. The van der Waals surface area contributed by atoms with Gasteiger partial charge in [0.2, 0.25) is 0 Å². The topological polar surface area (TPSA) is 149 Å². The van der Waals surface area contributed by atoms with Gasteiger partial charge in [-0.05, 0) is 6.07 Å². The lowest BCUT2D eigenvalue weighted by molar-refractivity contribution is -0.166. The second-order valence-corrected chi connectivity index (χ2v) is 6.54. The number of esters is 3. The van der Waals surface area contributed by atoms with E-state index < -0.39 is 48.4 Å². The molecule has 1 aromatic heterocycles. The molecule has 0 unspecified atom stereocenters. The van der Waals surface area contributed by atoms with Crippen LogP contribution in [0.5, 0.6) is 0 Å². The molecule has 2 N–H and O–H groups in total. The van der Waals surface area contributed by atoms with Crippen LogP contribution in [-0.4, -0.2) is 58.5 Å². The van der Waals surface area contributed by atoms with Crippen LogP contribution in [0.1, 0.15) is 43.2 Å². The molecule has 0 aromatic carbocycles. The largest absolute Gasteiger partial charge is 0.463 e. The fourth-order valence-corrected chi connectivity index (χ4v) is 3.18. The number of carbonyl (C=O) groups excluding carboxylic acids is 4. The molecule has 1 amide bonds. The van der Waals surface area contributed by atoms with Crippen molar-refractivity contribution in [2.75, 3.05) is 6.61 Å². The number of alkyl halides is 1. The van der Waals surface area contributed by atoms with Crippen LogP contribution < -0.4 is 5.73 Å². The third-order valence-electron chi connectivity index (χ3n) is 3.78. The van der Waals surface area contributed by atoms with Gasteiger partial charge in [0, 0.05) is 26.1 Å². The van der Waals surface area contributed by atoms with Crippen LogP contribution in [0.3, 0.4) is 0 Å². The van der Waals surface area contributed by atoms with E-state index in [0.29, 0.717) is 5.69 Å². The average molecular weight is 462 g/mol. The summed E-state index contributed by atoms with van der Waals surface area (Å²) >= 11 is 3.28. The molecule has 0 saturated carbocycles. The lowest BCUT2D eigenvalue weighted by Gasteiger charge is -2.23. The summed E-state index contributed by atoms with van der Waals surface area (Å²) in [6, 6.07) is 1.45. The van der Waals surface area contributed by atoms with E-state index in [1.54, 1.807) is 0 Å². The van der Waals surface area contributed by atoms with Crippen molar-refractivity contribution < 1.29 is 38.1 Å². The molecular weight excluding hydrogens is 442 g/mol. The van der Waals surface area contributed by atoms with Gasteiger partial charge in [0.15, 0.2) is 18.4 Å². The number of primary amides is 1.